The highest BCUT2D eigenvalue weighted by atomic mass is 32.2. The first kappa shape index (κ1) is 19.3. The maximum Gasteiger partial charge on any atom is 0.270 e. The second-order valence-electron chi connectivity index (χ2n) is 6.94. The zero-order chi connectivity index (χ0) is 19.4. The third-order valence-corrected chi connectivity index (χ3v) is 6.16. The molecule has 144 valence electrons. The minimum Gasteiger partial charge on any atom is -0.371 e. The number of nitro groups is 1. The van der Waals surface area contributed by atoms with Crippen LogP contribution in [0.25, 0.3) is 0 Å². The van der Waals surface area contributed by atoms with Crippen molar-refractivity contribution in [2.45, 2.75) is 31.2 Å². The quantitative estimate of drug-likeness (QED) is 0.604. The number of piperidine rings is 1. The summed E-state index contributed by atoms with van der Waals surface area (Å²) >= 11 is 0. The Morgan fingerprint density at radius 3 is 2.63 bits per heavy atom. The van der Waals surface area contributed by atoms with E-state index in [0.29, 0.717) is 5.92 Å². The molecule has 3 rings (SSSR count). The van der Waals surface area contributed by atoms with Crippen LogP contribution in [0.2, 0.25) is 0 Å². The van der Waals surface area contributed by atoms with Crippen LogP contribution in [-0.2, 0) is 16.6 Å². The van der Waals surface area contributed by atoms with Crippen LogP contribution in [0.3, 0.4) is 0 Å². The number of anilines is 1. The second-order valence-corrected chi connectivity index (χ2v) is 8.71. The third kappa shape index (κ3) is 4.84. The largest absolute Gasteiger partial charge is 0.371 e. The summed E-state index contributed by atoms with van der Waals surface area (Å²) in [6, 6.07) is 12.9. The summed E-state index contributed by atoms with van der Waals surface area (Å²) in [7, 11) is -3.82. The second kappa shape index (κ2) is 8.06. The molecule has 0 amide bonds. The van der Waals surface area contributed by atoms with Gasteiger partial charge in [0.1, 0.15) is 0 Å². The zero-order valence-corrected chi connectivity index (χ0v) is 16.0. The Balaban J connectivity index is 1.65. The summed E-state index contributed by atoms with van der Waals surface area (Å²) < 4.78 is 27.3. The van der Waals surface area contributed by atoms with Crippen molar-refractivity contribution >= 4 is 21.4 Å². The molecule has 1 fully saturated rings. The molecule has 8 heteroatoms. The Morgan fingerprint density at radius 2 is 1.96 bits per heavy atom. The van der Waals surface area contributed by atoms with Crippen LogP contribution in [-0.4, -0.2) is 26.4 Å². The standard InChI is InChI=1S/C19H23N3O4S/c1-15-4-3-11-21(14-15)17-9-7-16(8-10-17)13-20-27(25,26)19-6-2-5-18(12-19)22(23)24/h2,5-10,12,15,20H,3-4,11,13-14H2,1H3/t15-/m0/s1. The van der Waals surface area contributed by atoms with Crippen molar-refractivity contribution in [3.63, 3.8) is 0 Å². The molecule has 1 aliphatic rings. The molecule has 0 bridgehead atoms. The number of rotatable bonds is 6. The fourth-order valence-corrected chi connectivity index (χ4v) is 4.33. The molecule has 0 unspecified atom stereocenters. The Kier molecular flexibility index (Phi) is 5.76. The van der Waals surface area contributed by atoms with Gasteiger partial charge in [-0.2, -0.15) is 0 Å². The highest BCUT2D eigenvalue weighted by Crippen LogP contribution is 2.23. The third-order valence-electron chi connectivity index (χ3n) is 4.76. The molecular weight excluding hydrogens is 366 g/mol. The van der Waals surface area contributed by atoms with E-state index in [9.17, 15) is 18.5 Å². The molecule has 1 atom stereocenters. The van der Waals surface area contributed by atoms with E-state index < -0.39 is 14.9 Å². The van der Waals surface area contributed by atoms with E-state index in [1.54, 1.807) is 0 Å². The molecule has 7 nitrogen and oxygen atoms in total. The maximum atomic E-state index is 12.4. The monoisotopic (exact) mass is 389 g/mol. The van der Waals surface area contributed by atoms with Crippen LogP contribution in [0, 0.1) is 16.0 Å². The van der Waals surface area contributed by atoms with E-state index in [1.165, 1.54) is 31.0 Å². The Hall–Kier alpha value is -2.45. The summed E-state index contributed by atoms with van der Waals surface area (Å²) in [4.78, 5) is 12.5. The van der Waals surface area contributed by atoms with Crippen LogP contribution in [0.4, 0.5) is 11.4 Å². The number of non-ortho nitro benzene ring substituents is 1. The Bertz CT molecular complexity index is 913. The van der Waals surface area contributed by atoms with E-state index in [1.807, 2.05) is 24.3 Å². The number of hydrogen-bond donors (Lipinski definition) is 1. The molecule has 0 aliphatic carbocycles. The molecule has 1 heterocycles. The lowest BCUT2D eigenvalue weighted by Gasteiger charge is -2.32. The van der Waals surface area contributed by atoms with Gasteiger partial charge in [0.2, 0.25) is 10.0 Å². The minimum absolute atomic E-state index is 0.115. The fraction of sp³-hybridized carbons (Fsp3) is 0.368. The van der Waals surface area contributed by atoms with Gasteiger partial charge < -0.3 is 4.90 Å². The van der Waals surface area contributed by atoms with Gasteiger partial charge in [0.25, 0.3) is 5.69 Å². The van der Waals surface area contributed by atoms with E-state index in [4.69, 9.17) is 0 Å². The fourth-order valence-electron chi connectivity index (χ4n) is 3.27. The van der Waals surface area contributed by atoms with Crippen LogP contribution < -0.4 is 9.62 Å². The first-order valence-electron chi connectivity index (χ1n) is 8.93. The van der Waals surface area contributed by atoms with Gasteiger partial charge in [0.05, 0.1) is 9.82 Å². The predicted octanol–water partition coefficient (Wildman–Crippen LogP) is 3.31. The molecule has 1 aliphatic heterocycles. The maximum absolute atomic E-state index is 12.4. The molecule has 0 saturated carbocycles. The van der Waals surface area contributed by atoms with Crippen molar-refractivity contribution in [1.29, 1.82) is 0 Å². The van der Waals surface area contributed by atoms with Crippen LogP contribution in [0.1, 0.15) is 25.3 Å². The molecule has 27 heavy (non-hydrogen) atoms. The highest BCUT2D eigenvalue weighted by Gasteiger charge is 2.18. The van der Waals surface area contributed by atoms with E-state index >= 15 is 0 Å². The number of hydrogen-bond acceptors (Lipinski definition) is 5. The number of nitro benzene ring substituents is 1. The van der Waals surface area contributed by atoms with Gasteiger partial charge in [0, 0.05) is 37.5 Å². The molecule has 1 saturated heterocycles. The number of nitrogens with one attached hydrogen (secondary N) is 1. The average molecular weight is 389 g/mol. The van der Waals surface area contributed by atoms with Crippen molar-refractivity contribution in [2.24, 2.45) is 5.92 Å². The van der Waals surface area contributed by atoms with Gasteiger partial charge in [-0.05, 0) is 42.5 Å². The number of benzene rings is 2. The molecule has 0 radical (unpaired) electrons. The average Bonchev–Trinajstić information content (AvgIpc) is 2.67. The predicted molar refractivity (Wildman–Crippen MR) is 104 cm³/mol. The molecule has 1 N–H and O–H groups in total. The van der Waals surface area contributed by atoms with Gasteiger partial charge in [-0.1, -0.05) is 25.1 Å². The van der Waals surface area contributed by atoms with Crippen LogP contribution in [0.15, 0.2) is 53.4 Å². The molecule has 0 spiro atoms. The Morgan fingerprint density at radius 1 is 1.22 bits per heavy atom. The molecule has 2 aromatic rings. The Labute approximate surface area is 159 Å². The van der Waals surface area contributed by atoms with Gasteiger partial charge in [-0.3, -0.25) is 10.1 Å². The summed E-state index contributed by atoms with van der Waals surface area (Å²) in [6.07, 6.45) is 2.44. The van der Waals surface area contributed by atoms with Crippen LogP contribution >= 0.6 is 0 Å². The van der Waals surface area contributed by atoms with Gasteiger partial charge in [-0.25, -0.2) is 13.1 Å². The normalized spacial score (nSPS) is 17.7. The first-order valence-corrected chi connectivity index (χ1v) is 10.4. The van der Waals surface area contributed by atoms with Gasteiger partial charge in [-0.15, -0.1) is 0 Å². The molecule has 0 aromatic heterocycles. The SMILES string of the molecule is C[C@H]1CCCN(c2ccc(CNS(=O)(=O)c3cccc([N+](=O)[O-])c3)cc2)C1. The topological polar surface area (TPSA) is 92.6 Å². The molecular formula is C19H23N3O4S. The summed E-state index contributed by atoms with van der Waals surface area (Å²) in [5.74, 6) is 0.681. The van der Waals surface area contributed by atoms with Crippen molar-refractivity contribution in [3.8, 4) is 0 Å². The van der Waals surface area contributed by atoms with E-state index in [0.717, 1.165) is 30.4 Å². The van der Waals surface area contributed by atoms with Crippen LogP contribution in [0.5, 0.6) is 0 Å². The summed E-state index contributed by atoms with van der Waals surface area (Å²) in [5, 5.41) is 10.8. The number of sulfonamides is 1. The summed E-state index contributed by atoms with van der Waals surface area (Å²) in [6.45, 7) is 4.47. The smallest absolute Gasteiger partial charge is 0.270 e. The van der Waals surface area contributed by atoms with E-state index in [2.05, 4.69) is 16.5 Å². The molecule has 2 aromatic carbocycles. The van der Waals surface area contributed by atoms with E-state index in [-0.39, 0.29) is 17.1 Å². The highest BCUT2D eigenvalue weighted by molar-refractivity contribution is 7.89. The first-order chi connectivity index (χ1) is 12.8. The lowest BCUT2D eigenvalue weighted by atomic mass is 9.99. The lowest BCUT2D eigenvalue weighted by molar-refractivity contribution is -0.385. The van der Waals surface area contributed by atoms with Crippen molar-refractivity contribution in [2.75, 3.05) is 18.0 Å². The van der Waals surface area contributed by atoms with Crippen molar-refractivity contribution in [1.82, 2.24) is 4.72 Å². The van der Waals surface area contributed by atoms with Crippen molar-refractivity contribution < 1.29 is 13.3 Å². The zero-order valence-electron chi connectivity index (χ0n) is 15.2. The minimum atomic E-state index is -3.82. The van der Waals surface area contributed by atoms with Gasteiger partial charge in [0.15, 0.2) is 0 Å². The van der Waals surface area contributed by atoms with Gasteiger partial charge >= 0.3 is 0 Å². The summed E-state index contributed by atoms with van der Waals surface area (Å²) in [5.41, 5.74) is 1.72. The number of nitrogens with zero attached hydrogens (tertiary/aromatic N) is 2. The van der Waals surface area contributed by atoms with Crippen molar-refractivity contribution in [3.05, 3.63) is 64.2 Å². The lowest BCUT2D eigenvalue weighted by Crippen LogP contribution is -2.34.